The number of hydrogen-bond acceptors (Lipinski definition) is 7. The second-order valence-electron chi connectivity index (χ2n) is 8.89. The lowest BCUT2D eigenvalue weighted by Crippen LogP contribution is -2.48. The summed E-state index contributed by atoms with van der Waals surface area (Å²) in [7, 11) is -1.58. The van der Waals surface area contributed by atoms with Gasteiger partial charge in [0.1, 0.15) is 5.70 Å². The molecule has 4 aliphatic heterocycles. The van der Waals surface area contributed by atoms with Crippen LogP contribution >= 0.6 is 0 Å². The van der Waals surface area contributed by atoms with Gasteiger partial charge in [0.15, 0.2) is 0 Å². The normalized spacial score (nSPS) is 23.0. The Morgan fingerprint density at radius 3 is 2.36 bits per heavy atom. The highest BCUT2D eigenvalue weighted by molar-refractivity contribution is 7.93. The summed E-state index contributed by atoms with van der Waals surface area (Å²) in [6.45, 7) is 2.63. The molecule has 0 radical (unpaired) electrons. The van der Waals surface area contributed by atoms with Gasteiger partial charge in [0.05, 0.1) is 41.5 Å². The molecule has 36 heavy (non-hydrogen) atoms. The predicted octanol–water partition coefficient (Wildman–Crippen LogP) is 3.20. The fourth-order valence-corrected chi connectivity index (χ4v) is 6.98. The Bertz CT molecular complexity index is 1460. The van der Waals surface area contributed by atoms with Crippen LogP contribution in [-0.2, 0) is 34.5 Å². The minimum atomic E-state index is -4.08. The first-order chi connectivity index (χ1) is 17.3. The fraction of sp³-hybridized carbons (Fsp3) is 0.259. The Morgan fingerprint density at radius 1 is 0.972 bits per heavy atom. The number of allylic oxidation sites excluding steroid dienone is 3. The molecule has 1 unspecified atom stereocenters. The molecule has 0 aliphatic carbocycles. The van der Waals surface area contributed by atoms with Gasteiger partial charge in [0.2, 0.25) is 0 Å². The van der Waals surface area contributed by atoms with Crippen molar-refractivity contribution >= 4 is 27.6 Å². The van der Waals surface area contributed by atoms with Crippen LogP contribution in [-0.4, -0.2) is 52.6 Å². The average Bonchev–Trinajstić information content (AvgIpc) is 3.22. The van der Waals surface area contributed by atoms with Crippen molar-refractivity contribution in [1.29, 1.82) is 0 Å². The molecule has 1 spiro atoms. The van der Waals surface area contributed by atoms with E-state index in [1.165, 1.54) is 18.5 Å². The first kappa shape index (κ1) is 23.9. The maximum Gasteiger partial charge on any atom is 0.354 e. The van der Waals surface area contributed by atoms with Crippen LogP contribution in [0.3, 0.4) is 0 Å². The van der Waals surface area contributed by atoms with Crippen molar-refractivity contribution in [2.45, 2.75) is 23.7 Å². The highest BCUT2D eigenvalue weighted by atomic mass is 32.2. The van der Waals surface area contributed by atoms with Crippen molar-refractivity contribution in [3.63, 3.8) is 0 Å². The van der Waals surface area contributed by atoms with Crippen molar-refractivity contribution < 1.29 is 27.5 Å². The number of fused-ring (bicyclic) bond motifs is 4. The third kappa shape index (κ3) is 3.30. The van der Waals surface area contributed by atoms with Crippen molar-refractivity contribution in [2.75, 3.05) is 31.6 Å². The lowest BCUT2D eigenvalue weighted by molar-refractivity contribution is -0.142. The molecule has 4 heterocycles. The zero-order valence-corrected chi connectivity index (χ0v) is 21.0. The number of ether oxygens (including phenoxy) is 2. The van der Waals surface area contributed by atoms with Gasteiger partial charge in [-0.05, 0) is 43.2 Å². The average molecular weight is 507 g/mol. The van der Waals surface area contributed by atoms with Crippen molar-refractivity contribution in [2.24, 2.45) is 0 Å². The number of rotatable bonds is 4. The minimum Gasteiger partial charge on any atom is -0.466 e. The smallest absolute Gasteiger partial charge is 0.354 e. The number of esters is 2. The van der Waals surface area contributed by atoms with E-state index < -0.39 is 27.4 Å². The molecule has 2 aromatic carbocycles. The van der Waals surface area contributed by atoms with E-state index in [0.29, 0.717) is 36.5 Å². The molecule has 1 atom stereocenters. The number of carbonyl (C=O) groups excluding carboxylic acids is 2. The molecular weight excluding hydrogens is 480 g/mol. The molecule has 9 heteroatoms. The Morgan fingerprint density at radius 2 is 1.67 bits per heavy atom. The SMILES string of the molecule is COC(=O)C1=C(C(=O)OC)C23CCN1C/C=C\C=C/2N(S(=O)(=O)c1ccc(C)cc1)c1ccccc13. The maximum atomic E-state index is 14.2. The molecule has 0 fully saturated rings. The maximum absolute atomic E-state index is 14.2. The van der Waals surface area contributed by atoms with Gasteiger partial charge in [0, 0.05) is 13.1 Å². The van der Waals surface area contributed by atoms with Crippen LogP contribution in [0.1, 0.15) is 17.5 Å². The number of aryl methyl sites for hydroxylation is 1. The van der Waals surface area contributed by atoms with Gasteiger partial charge in [-0.3, -0.25) is 0 Å². The molecule has 4 aliphatic rings. The summed E-state index contributed by atoms with van der Waals surface area (Å²) in [4.78, 5) is 28.4. The Labute approximate surface area is 210 Å². The lowest BCUT2D eigenvalue weighted by atomic mass is 9.68. The van der Waals surface area contributed by atoms with E-state index >= 15 is 0 Å². The Hall–Kier alpha value is -3.85. The van der Waals surface area contributed by atoms with E-state index in [2.05, 4.69) is 0 Å². The van der Waals surface area contributed by atoms with E-state index in [1.54, 1.807) is 59.5 Å². The number of carbonyl (C=O) groups is 2. The van der Waals surface area contributed by atoms with Gasteiger partial charge >= 0.3 is 11.9 Å². The zero-order chi connectivity index (χ0) is 25.7. The van der Waals surface area contributed by atoms with Crippen LogP contribution in [0.5, 0.6) is 0 Å². The molecule has 0 amide bonds. The predicted molar refractivity (Wildman–Crippen MR) is 133 cm³/mol. The number of sulfonamides is 1. The first-order valence-electron chi connectivity index (χ1n) is 11.5. The topological polar surface area (TPSA) is 93.2 Å². The van der Waals surface area contributed by atoms with E-state index in [9.17, 15) is 18.0 Å². The number of benzene rings is 2. The molecule has 2 aromatic rings. The molecule has 0 saturated carbocycles. The van der Waals surface area contributed by atoms with Gasteiger partial charge in [-0.1, -0.05) is 48.0 Å². The minimum absolute atomic E-state index is 0.0760. The molecular formula is C27H26N2O6S. The van der Waals surface area contributed by atoms with Crippen LogP contribution in [0.2, 0.25) is 0 Å². The fourth-order valence-electron chi connectivity index (χ4n) is 5.39. The largest absolute Gasteiger partial charge is 0.466 e. The van der Waals surface area contributed by atoms with Crippen LogP contribution in [0.15, 0.2) is 88.6 Å². The quantitative estimate of drug-likeness (QED) is 0.588. The number of hydrogen-bond donors (Lipinski definition) is 0. The van der Waals surface area contributed by atoms with Crippen LogP contribution in [0.25, 0.3) is 0 Å². The number of methoxy groups -OCH3 is 2. The van der Waals surface area contributed by atoms with Crippen LogP contribution < -0.4 is 4.31 Å². The van der Waals surface area contributed by atoms with Gasteiger partial charge in [-0.15, -0.1) is 0 Å². The summed E-state index contributed by atoms with van der Waals surface area (Å²) in [5.41, 5.74) is 1.26. The summed E-state index contributed by atoms with van der Waals surface area (Å²) >= 11 is 0. The Kier molecular flexibility index (Phi) is 5.75. The highest BCUT2D eigenvalue weighted by Crippen LogP contribution is 2.58. The second kappa shape index (κ2) is 8.67. The standard InChI is InChI=1S/C27H26N2O6S/c1-18-11-13-19(14-12-18)36(32,33)29-21-9-5-4-8-20(21)27-15-17-28(16-7-6-10-22(27)29)24(26(31)35-3)23(27)25(30)34-2/h4-14H,15-17H2,1-3H3/b7-6-,22-10+. The summed E-state index contributed by atoms with van der Waals surface area (Å²) in [6, 6.07) is 13.7. The van der Waals surface area contributed by atoms with Gasteiger partial charge in [-0.25, -0.2) is 22.3 Å². The molecule has 0 N–H and O–H groups in total. The highest BCUT2D eigenvalue weighted by Gasteiger charge is 2.58. The summed E-state index contributed by atoms with van der Waals surface area (Å²) in [6.07, 6.45) is 5.67. The van der Waals surface area contributed by atoms with Gasteiger partial charge in [0.25, 0.3) is 10.0 Å². The molecule has 186 valence electrons. The van der Waals surface area contributed by atoms with E-state index in [0.717, 1.165) is 5.56 Å². The van der Waals surface area contributed by atoms with Gasteiger partial charge < -0.3 is 14.4 Å². The zero-order valence-electron chi connectivity index (χ0n) is 20.2. The van der Waals surface area contributed by atoms with E-state index in [1.807, 2.05) is 19.1 Å². The van der Waals surface area contributed by atoms with E-state index in [4.69, 9.17) is 9.47 Å². The summed E-state index contributed by atoms with van der Waals surface area (Å²) in [5.74, 6) is -1.39. The number of anilines is 1. The summed E-state index contributed by atoms with van der Waals surface area (Å²) < 4.78 is 39.9. The molecule has 2 bridgehead atoms. The molecule has 6 rings (SSSR count). The third-order valence-electron chi connectivity index (χ3n) is 7.02. The molecule has 0 aromatic heterocycles. The monoisotopic (exact) mass is 506 g/mol. The summed E-state index contributed by atoms with van der Waals surface area (Å²) in [5, 5.41) is 0. The number of nitrogens with zero attached hydrogens (tertiary/aromatic N) is 2. The van der Waals surface area contributed by atoms with Crippen LogP contribution in [0, 0.1) is 6.92 Å². The molecule has 0 saturated heterocycles. The van der Waals surface area contributed by atoms with Crippen LogP contribution in [0.4, 0.5) is 5.69 Å². The second-order valence-corrected chi connectivity index (χ2v) is 10.7. The van der Waals surface area contributed by atoms with Gasteiger partial charge in [-0.2, -0.15) is 0 Å². The number of para-hydroxylation sites is 1. The van der Waals surface area contributed by atoms with Crippen molar-refractivity contribution in [3.05, 3.63) is 94.9 Å². The van der Waals surface area contributed by atoms with Crippen molar-refractivity contribution in [1.82, 2.24) is 4.90 Å². The van der Waals surface area contributed by atoms with Crippen molar-refractivity contribution in [3.8, 4) is 0 Å². The van der Waals surface area contributed by atoms with E-state index in [-0.39, 0.29) is 16.2 Å². The first-order valence-corrected chi connectivity index (χ1v) is 13.0. The third-order valence-corrected chi connectivity index (χ3v) is 8.76. The molecule has 8 nitrogen and oxygen atoms in total. The Balaban J connectivity index is 1.88. The lowest BCUT2D eigenvalue weighted by Gasteiger charge is -2.42.